The number of carbonyl (C=O) groups is 1. The maximum absolute atomic E-state index is 10.9. The Morgan fingerprint density at radius 1 is 1.36 bits per heavy atom. The summed E-state index contributed by atoms with van der Waals surface area (Å²) >= 11 is 24.1. The van der Waals surface area contributed by atoms with Crippen LogP contribution < -0.4 is 0 Å². The largest absolute Gasteiger partial charge is 0.481 e. The highest BCUT2D eigenvalue weighted by Crippen LogP contribution is 2.65. The van der Waals surface area contributed by atoms with Crippen LogP contribution in [0.3, 0.4) is 0 Å². The Kier molecular flexibility index (Phi) is 2.29. The van der Waals surface area contributed by atoms with Crippen molar-refractivity contribution < 1.29 is 9.90 Å². The normalized spacial score (nSPS) is 46.1. The highest BCUT2D eigenvalue weighted by atomic mass is 35.5. The summed E-state index contributed by atoms with van der Waals surface area (Å²) in [7, 11) is 0. The SMILES string of the molecule is O=C(O)[C@@H]1C[C@]2(Cl)C[C@@]1(Cl)C(Cl)=C2Cl. The van der Waals surface area contributed by atoms with E-state index in [4.69, 9.17) is 51.5 Å². The second-order valence-electron chi connectivity index (χ2n) is 3.73. The summed E-state index contributed by atoms with van der Waals surface area (Å²) in [5.41, 5.74) is 0. The number of hydrogen-bond donors (Lipinski definition) is 1. The Balaban J connectivity index is 2.50. The molecule has 1 N–H and O–H groups in total. The van der Waals surface area contributed by atoms with Crippen LogP contribution in [-0.4, -0.2) is 20.8 Å². The summed E-state index contributed by atoms with van der Waals surface area (Å²) < 4.78 is 0. The lowest BCUT2D eigenvalue weighted by Gasteiger charge is -2.26. The van der Waals surface area contributed by atoms with Crippen molar-refractivity contribution in [1.82, 2.24) is 0 Å². The van der Waals surface area contributed by atoms with Crippen molar-refractivity contribution in [2.24, 2.45) is 5.92 Å². The standard InChI is InChI=1S/C8H6Cl4O2/c9-4-5(10)8(12)2-7(4,11)1-3(8)6(13)14/h3H,1-2H2,(H,13,14)/t3-,7-,8-/m0/s1. The van der Waals surface area contributed by atoms with Gasteiger partial charge in [0, 0.05) is 0 Å². The number of hydrogen-bond acceptors (Lipinski definition) is 1. The van der Waals surface area contributed by atoms with Crippen molar-refractivity contribution in [3.05, 3.63) is 10.1 Å². The molecule has 2 aliphatic rings. The second kappa shape index (κ2) is 2.94. The van der Waals surface area contributed by atoms with E-state index in [0.717, 1.165) is 0 Å². The molecule has 2 bridgehead atoms. The van der Waals surface area contributed by atoms with Crippen LogP contribution in [0.1, 0.15) is 12.8 Å². The van der Waals surface area contributed by atoms with Gasteiger partial charge in [-0.3, -0.25) is 4.79 Å². The van der Waals surface area contributed by atoms with Crippen LogP contribution in [0.4, 0.5) is 0 Å². The molecule has 1 saturated carbocycles. The lowest BCUT2D eigenvalue weighted by molar-refractivity contribution is -0.142. The van der Waals surface area contributed by atoms with Crippen molar-refractivity contribution >= 4 is 52.4 Å². The summed E-state index contributed by atoms with van der Waals surface area (Å²) in [6, 6.07) is 0. The second-order valence-corrected chi connectivity index (χ2v) is 5.88. The van der Waals surface area contributed by atoms with Gasteiger partial charge in [-0.25, -0.2) is 0 Å². The lowest BCUT2D eigenvalue weighted by atomic mass is 9.92. The number of carboxylic acids is 1. The first-order valence-corrected chi connectivity index (χ1v) is 5.49. The number of rotatable bonds is 1. The van der Waals surface area contributed by atoms with Gasteiger partial charge in [-0.2, -0.15) is 0 Å². The summed E-state index contributed by atoms with van der Waals surface area (Å²) in [5, 5.41) is 9.44. The predicted molar refractivity (Wildman–Crippen MR) is 56.3 cm³/mol. The van der Waals surface area contributed by atoms with Gasteiger partial charge in [-0.15, -0.1) is 23.2 Å². The molecule has 1 fully saturated rings. The molecule has 0 amide bonds. The number of carboxylic acid groups (broad SMARTS) is 1. The van der Waals surface area contributed by atoms with Crippen molar-refractivity contribution in [3.8, 4) is 0 Å². The molecule has 2 aliphatic carbocycles. The molecule has 0 aromatic carbocycles. The topological polar surface area (TPSA) is 37.3 Å². The van der Waals surface area contributed by atoms with Gasteiger partial charge in [0.25, 0.3) is 0 Å². The molecule has 3 atom stereocenters. The van der Waals surface area contributed by atoms with Gasteiger partial charge >= 0.3 is 5.97 Å². The van der Waals surface area contributed by atoms with Gasteiger partial charge in [0.15, 0.2) is 0 Å². The molecule has 0 spiro atoms. The number of allylic oxidation sites excluding steroid dienone is 2. The molecule has 0 radical (unpaired) electrons. The van der Waals surface area contributed by atoms with Crippen molar-refractivity contribution in [3.63, 3.8) is 0 Å². The molecule has 0 aliphatic heterocycles. The van der Waals surface area contributed by atoms with E-state index in [1.54, 1.807) is 0 Å². The summed E-state index contributed by atoms with van der Waals surface area (Å²) in [5.74, 6) is -1.73. The van der Waals surface area contributed by atoms with Crippen molar-refractivity contribution in [2.45, 2.75) is 22.6 Å². The highest BCUT2D eigenvalue weighted by Gasteiger charge is 2.65. The fraction of sp³-hybridized carbons (Fsp3) is 0.625. The number of alkyl halides is 2. The minimum Gasteiger partial charge on any atom is -0.481 e. The number of halogens is 4. The van der Waals surface area contributed by atoms with E-state index in [1.807, 2.05) is 0 Å². The zero-order valence-corrected chi connectivity index (χ0v) is 9.88. The van der Waals surface area contributed by atoms with Crippen LogP contribution in [0.5, 0.6) is 0 Å². The summed E-state index contributed by atoms with van der Waals surface area (Å²) in [6.07, 6.45) is 0.528. The Morgan fingerprint density at radius 2 is 1.93 bits per heavy atom. The van der Waals surface area contributed by atoms with Crippen molar-refractivity contribution in [2.75, 3.05) is 0 Å². The fourth-order valence-corrected chi connectivity index (χ4v) is 3.96. The molecule has 14 heavy (non-hydrogen) atoms. The quantitative estimate of drug-likeness (QED) is 0.747. The van der Waals surface area contributed by atoms with E-state index >= 15 is 0 Å². The first-order chi connectivity index (χ1) is 6.31. The van der Waals surface area contributed by atoms with Gasteiger partial charge in [0.2, 0.25) is 0 Å². The Labute approximate surface area is 101 Å². The molecule has 6 heteroatoms. The first kappa shape index (κ1) is 10.9. The summed E-state index contributed by atoms with van der Waals surface area (Å²) in [4.78, 5) is 8.95. The van der Waals surface area contributed by atoms with Gasteiger partial charge in [0.05, 0.1) is 25.7 Å². The minimum atomic E-state index is -1.10. The monoisotopic (exact) mass is 274 g/mol. The zero-order valence-electron chi connectivity index (χ0n) is 6.86. The number of aliphatic carboxylic acids is 1. The molecule has 2 nitrogen and oxygen atoms in total. The van der Waals surface area contributed by atoms with E-state index in [-0.39, 0.29) is 17.9 Å². The molecule has 0 aromatic heterocycles. The van der Waals surface area contributed by atoms with Crippen LogP contribution >= 0.6 is 46.4 Å². The molecule has 78 valence electrons. The lowest BCUT2D eigenvalue weighted by Crippen LogP contribution is -2.33. The van der Waals surface area contributed by atoms with E-state index in [2.05, 4.69) is 0 Å². The average Bonchev–Trinajstić information content (AvgIpc) is 2.44. The van der Waals surface area contributed by atoms with Crippen LogP contribution in [0.25, 0.3) is 0 Å². The van der Waals surface area contributed by atoms with Crippen LogP contribution in [0.2, 0.25) is 0 Å². The van der Waals surface area contributed by atoms with E-state index in [1.165, 1.54) is 0 Å². The smallest absolute Gasteiger partial charge is 0.308 e. The molecule has 0 unspecified atom stereocenters. The predicted octanol–water partition coefficient (Wildman–Crippen LogP) is 3.14. The molecule has 0 heterocycles. The van der Waals surface area contributed by atoms with Gasteiger partial charge in [0.1, 0.15) is 0 Å². The van der Waals surface area contributed by atoms with Crippen LogP contribution in [0.15, 0.2) is 10.1 Å². The average molecular weight is 276 g/mol. The molecule has 2 rings (SSSR count). The van der Waals surface area contributed by atoms with E-state index < -0.39 is 21.6 Å². The third kappa shape index (κ3) is 1.15. The summed E-state index contributed by atoms with van der Waals surface area (Å²) in [6.45, 7) is 0. The first-order valence-electron chi connectivity index (χ1n) is 3.98. The van der Waals surface area contributed by atoms with Crippen LogP contribution in [-0.2, 0) is 4.79 Å². The maximum atomic E-state index is 10.9. The fourth-order valence-electron chi connectivity index (χ4n) is 2.15. The van der Waals surface area contributed by atoms with E-state index in [0.29, 0.717) is 5.03 Å². The molecule has 0 saturated heterocycles. The van der Waals surface area contributed by atoms with Gasteiger partial charge < -0.3 is 5.11 Å². The third-order valence-electron chi connectivity index (χ3n) is 2.87. The van der Waals surface area contributed by atoms with Crippen LogP contribution in [0, 0.1) is 5.92 Å². The van der Waals surface area contributed by atoms with E-state index in [9.17, 15) is 4.79 Å². The minimum absolute atomic E-state index is 0.189. The molecular formula is C8H6Cl4O2. The van der Waals surface area contributed by atoms with Gasteiger partial charge in [-0.1, -0.05) is 23.2 Å². The maximum Gasteiger partial charge on any atom is 0.308 e. The van der Waals surface area contributed by atoms with Crippen molar-refractivity contribution in [1.29, 1.82) is 0 Å². The zero-order chi connectivity index (χ0) is 10.7. The number of fused-ring (bicyclic) bond motifs is 2. The molecular weight excluding hydrogens is 270 g/mol. The Bertz CT molecular complexity index is 353. The molecule has 0 aromatic rings. The third-order valence-corrected chi connectivity index (χ3v) is 5.30. The Hall–Kier alpha value is 0.370. The van der Waals surface area contributed by atoms with Gasteiger partial charge in [-0.05, 0) is 12.8 Å². The Morgan fingerprint density at radius 3 is 2.29 bits per heavy atom. The highest BCUT2D eigenvalue weighted by molar-refractivity contribution is 6.51.